The van der Waals surface area contributed by atoms with Gasteiger partial charge in [0.2, 0.25) is 0 Å². The molecule has 1 heterocycles. The molecule has 118 valence electrons. The molecule has 0 radical (unpaired) electrons. The lowest BCUT2D eigenvalue weighted by Crippen LogP contribution is -2.32. The molecule has 0 unspecified atom stereocenters. The number of aliphatic hydroxyl groups excluding tert-OH is 1. The van der Waals surface area contributed by atoms with E-state index in [1.165, 1.54) is 11.3 Å². The van der Waals surface area contributed by atoms with Crippen molar-refractivity contribution in [1.82, 2.24) is 5.32 Å². The number of thiophene rings is 1. The molecule has 0 fully saturated rings. The highest BCUT2D eigenvalue weighted by atomic mass is 32.1. The van der Waals surface area contributed by atoms with Gasteiger partial charge in [0.15, 0.2) is 0 Å². The zero-order valence-corrected chi connectivity index (χ0v) is 12.0. The van der Waals surface area contributed by atoms with Crippen molar-refractivity contribution in [2.45, 2.75) is 12.3 Å². The Labute approximate surface area is 128 Å². The summed E-state index contributed by atoms with van der Waals surface area (Å²) in [6, 6.07) is 5.24. The number of halogens is 3. The second-order valence-electron chi connectivity index (χ2n) is 4.48. The van der Waals surface area contributed by atoms with Crippen LogP contribution >= 0.6 is 11.3 Å². The van der Waals surface area contributed by atoms with Crippen LogP contribution in [0.4, 0.5) is 23.7 Å². The quantitative estimate of drug-likeness (QED) is 0.802. The van der Waals surface area contributed by atoms with E-state index >= 15 is 0 Å². The molecule has 0 aliphatic rings. The molecule has 2 rings (SSSR count). The number of carbonyl (C=O) groups is 1. The second-order valence-corrected chi connectivity index (χ2v) is 5.26. The molecule has 4 nitrogen and oxygen atoms in total. The molecule has 0 saturated carbocycles. The normalized spacial score (nSPS) is 12.7. The molecule has 0 aliphatic carbocycles. The van der Waals surface area contributed by atoms with E-state index in [4.69, 9.17) is 0 Å². The van der Waals surface area contributed by atoms with Gasteiger partial charge in [0, 0.05) is 12.2 Å². The average Bonchev–Trinajstić information content (AvgIpc) is 2.98. The molecule has 3 N–H and O–H groups in total. The van der Waals surface area contributed by atoms with Gasteiger partial charge in [-0.1, -0.05) is 0 Å². The number of anilines is 1. The van der Waals surface area contributed by atoms with E-state index in [-0.39, 0.29) is 12.2 Å². The number of benzene rings is 1. The summed E-state index contributed by atoms with van der Waals surface area (Å²) in [6.45, 7) is 0.00318. The summed E-state index contributed by atoms with van der Waals surface area (Å²) in [5.41, 5.74) is 0.140. The monoisotopic (exact) mass is 330 g/mol. The molecule has 2 amide bonds. The number of aliphatic hydroxyl groups is 1. The van der Waals surface area contributed by atoms with E-state index in [1.807, 2.05) is 0 Å². The Balaban J connectivity index is 1.84. The van der Waals surface area contributed by atoms with Crippen LogP contribution in [0.1, 0.15) is 17.2 Å². The lowest BCUT2D eigenvalue weighted by atomic mass is 10.2. The fraction of sp³-hybridized carbons (Fsp3) is 0.214. The number of nitrogens with one attached hydrogen (secondary N) is 2. The number of urea groups is 1. The van der Waals surface area contributed by atoms with Crippen LogP contribution in [0.2, 0.25) is 0 Å². The first-order valence-corrected chi connectivity index (χ1v) is 7.23. The van der Waals surface area contributed by atoms with Crippen molar-refractivity contribution >= 4 is 23.1 Å². The molecule has 0 bridgehead atoms. The van der Waals surface area contributed by atoms with Gasteiger partial charge in [0.1, 0.15) is 0 Å². The van der Waals surface area contributed by atoms with Crippen molar-refractivity contribution in [1.29, 1.82) is 0 Å². The van der Waals surface area contributed by atoms with Gasteiger partial charge in [-0.2, -0.15) is 24.5 Å². The number of hydrogen-bond donors (Lipinski definition) is 3. The fourth-order valence-electron chi connectivity index (χ4n) is 1.69. The highest BCUT2D eigenvalue weighted by Gasteiger charge is 2.29. The van der Waals surface area contributed by atoms with Crippen LogP contribution in [0.3, 0.4) is 0 Å². The van der Waals surface area contributed by atoms with Crippen molar-refractivity contribution in [3.63, 3.8) is 0 Å². The van der Waals surface area contributed by atoms with Gasteiger partial charge in [-0.05, 0) is 46.7 Å². The lowest BCUT2D eigenvalue weighted by molar-refractivity contribution is -0.137. The topological polar surface area (TPSA) is 61.4 Å². The molecule has 0 aliphatic heterocycles. The van der Waals surface area contributed by atoms with Crippen LogP contribution in [-0.2, 0) is 6.18 Å². The van der Waals surface area contributed by atoms with Crippen molar-refractivity contribution in [2.75, 3.05) is 11.9 Å². The molecule has 8 heteroatoms. The van der Waals surface area contributed by atoms with Gasteiger partial charge in [0.25, 0.3) is 0 Å². The zero-order chi connectivity index (χ0) is 16.2. The SMILES string of the molecule is O=C(NC[C@H](O)c1ccsc1)Nc1ccc(C(F)(F)F)cc1. The van der Waals surface area contributed by atoms with Crippen molar-refractivity contribution in [2.24, 2.45) is 0 Å². The van der Waals surface area contributed by atoms with E-state index in [1.54, 1.807) is 16.8 Å². The number of alkyl halides is 3. The van der Waals surface area contributed by atoms with Gasteiger partial charge in [0.05, 0.1) is 11.7 Å². The highest BCUT2D eigenvalue weighted by molar-refractivity contribution is 7.07. The summed E-state index contributed by atoms with van der Waals surface area (Å²) >= 11 is 1.43. The molecule has 1 aromatic heterocycles. The Bertz CT molecular complexity index is 612. The summed E-state index contributed by atoms with van der Waals surface area (Å²) in [5, 5.41) is 18.2. The Hall–Kier alpha value is -2.06. The molecule has 0 saturated heterocycles. The molecule has 22 heavy (non-hydrogen) atoms. The highest BCUT2D eigenvalue weighted by Crippen LogP contribution is 2.29. The van der Waals surface area contributed by atoms with E-state index in [9.17, 15) is 23.1 Å². The molecule has 2 aromatic rings. The minimum absolute atomic E-state index is 0.00318. The van der Waals surface area contributed by atoms with Crippen LogP contribution in [0.5, 0.6) is 0 Å². The third-order valence-corrected chi connectivity index (χ3v) is 3.56. The number of amides is 2. The number of rotatable bonds is 4. The minimum atomic E-state index is -4.41. The molecule has 1 aromatic carbocycles. The number of carbonyl (C=O) groups excluding carboxylic acids is 1. The molecule has 0 spiro atoms. The van der Waals surface area contributed by atoms with Gasteiger partial charge in [-0.3, -0.25) is 0 Å². The Kier molecular flexibility index (Phi) is 5.04. The molecular formula is C14H13F3N2O2S. The Morgan fingerprint density at radius 2 is 1.91 bits per heavy atom. The molecule has 1 atom stereocenters. The van der Waals surface area contributed by atoms with Gasteiger partial charge >= 0.3 is 12.2 Å². The van der Waals surface area contributed by atoms with E-state index in [0.29, 0.717) is 5.56 Å². The predicted molar refractivity (Wildman–Crippen MR) is 77.7 cm³/mol. The maximum absolute atomic E-state index is 12.4. The van der Waals surface area contributed by atoms with Crippen LogP contribution in [-0.4, -0.2) is 17.7 Å². The lowest BCUT2D eigenvalue weighted by Gasteiger charge is -2.12. The number of hydrogen-bond acceptors (Lipinski definition) is 3. The summed E-state index contributed by atoms with van der Waals surface area (Å²) < 4.78 is 37.2. The minimum Gasteiger partial charge on any atom is -0.387 e. The van der Waals surface area contributed by atoms with E-state index in [2.05, 4.69) is 10.6 Å². The van der Waals surface area contributed by atoms with Crippen molar-refractivity contribution in [3.8, 4) is 0 Å². The van der Waals surface area contributed by atoms with Crippen molar-refractivity contribution in [3.05, 3.63) is 52.2 Å². The Morgan fingerprint density at radius 3 is 2.45 bits per heavy atom. The summed E-state index contributed by atoms with van der Waals surface area (Å²) in [4.78, 5) is 11.6. The first-order chi connectivity index (χ1) is 10.4. The largest absolute Gasteiger partial charge is 0.416 e. The maximum Gasteiger partial charge on any atom is 0.416 e. The van der Waals surface area contributed by atoms with E-state index < -0.39 is 23.9 Å². The Morgan fingerprint density at radius 1 is 1.23 bits per heavy atom. The van der Waals surface area contributed by atoms with Crippen LogP contribution < -0.4 is 10.6 Å². The smallest absolute Gasteiger partial charge is 0.387 e. The van der Waals surface area contributed by atoms with Crippen LogP contribution in [0.25, 0.3) is 0 Å². The predicted octanol–water partition coefficient (Wildman–Crippen LogP) is 3.62. The third-order valence-electron chi connectivity index (χ3n) is 2.85. The maximum atomic E-state index is 12.4. The van der Waals surface area contributed by atoms with Gasteiger partial charge in [-0.15, -0.1) is 0 Å². The summed E-state index contributed by atoms with van der Waals surface area (Å²) in [7, 11) is 0. The first-order valence-electron chi connectivity index (χ1n) is 6.28. The first kappa shape index (κ1) is 16.3. The van der Waals surface area contributed by atoms with Gasteiger partial charge < -0.3 is 15.7 Å². The summed E-state index contributed by atoms with van der Waals surface area (Å²) in [6.07, 6.45) is -5.24. The standard InChI is InChI=1S/C14H13F3N2O2S/c15-14(16,17)10-1-3-11(4-2-10)19-13(21)18-7-12(20)9-5-6-22-8-9/h1-6,8,12,20H,7H2,(H2,18,19,21)/t12-/m0/s1. The summed E-state index contributed by atoms with van der Waals surface area (Å²) in [5.74, 6) is 0. The molecular weight excluding hydrogens is 317 g/mol. The second kappa shape index (κ2) is 6.80. The zero-order valence-electron chi connectivity index (χ0n) is 11.2. The average molecular weight is 330 g/mol. The van der Waals surface area contributed by atoms with Crippen molar-refractivity contribution < 1.29 is 23.1 Å². The van der Waals surface area contributed by atoms with Gasteiger partial charge in [-0.25, -0.2) is 4.79 Å². The van der Waals surface area contributed by atoms with Crippen LogP contribution in [0, 0.1) is 0 Å². The van der Waals surface area contributed by atoms with E-state index in [0.717, 1.165) is 24.3 Å². The third kappa shape index (κ3) is 4.47. The van der Waals surface area contributed by atoms with Crippen LogP contribution in [0.15, 0.2) is 41.1 Å². The fourth-order valence-corrected chi connectivity index (χ4v) is 2.40.